The summed E-state index contributed by atoms with van der Waals surface area (Å²) < 4.78 is 0. The van der Waals surface area contributed by atoms with Gasteiger partial charge in [0, 0.05) is 23.1 Å². The predicted octanol–water partition coefficient (Wildman–Crippen LogP) is 1.34. The Morgan fingerprint density at radius 3 is 2.86 bits per heavy atom. The van der Waals surface area contributed by atoms with Gasteiger partial charge in [0.15, 0.2) is 5.65 Å². The molecule has 6 nitrogen and oxygen atoms in total. The Labute approximate surface area is 125 Å². The normalized spacial score (nSPS) is 14.0. The number of aromatic hydroxyl groups is 1. The van der Waals surface area contributed by atoms with E-state index in [1.54, 1.807) is 18.2 Å². The first-order valence-corrected chi connectivity index (χ1v) is 7.14. The van der Waals surface area contributed by atoms with Crippen LogP contribution in [0, 0.1) is 0 Å². The molecule has 3 aromatic rings. The molecule has 6 heteroatoms. The molecular formula is C16H14N4O2. The number of H-pyrrole nitrogens is 1. The van der Waals surface area contributed by atoms with E-state index in [1.165, 1.54) is 0 Å². The second kappa shape index (κ2) is 4.92. The lowest BCUT2D eigenvalue weighted by atomic mass is 9.99. The minimum absolute atomic E-state index is 0.0893. The van der Waals surface area contributed by atoms with Crippen molar-refractivity contribution in [3.8, 4) is 17.0 Å². The van der Waals surface area contributed by atoms with Gasteiger partial charge < -0.3 is 15.4 Å². The standard InChI is InChI=1S/C16H14N4O2/c21-14-4-2-1-3-10(14)13-7-11-12-8-17-6-5-9(12)16(22)18-15(11)20-19-13/h1-4,7,17,21H,5-6,8H2,(H,18,20,22). The fraction of sp³-hybridized carbons (Fsp3) is 0.188. The van der Waals surface area contributed by atoms with Crippen LogP contribution in [-0.4, -0.2) is 26.8 Å². The highest BCUT2D eigenvalue weighted by atomic mass is 16.3. The molecule has 0 bridgehead atoms. The molecule has 0 fully saturated rings. The van der Waals surface area contributed by atoms with Gasteiger partial charge in [0.25, 0.3) is 5.56 Å². The first-order valence-electron chi connectivity index (χ1n) is 7.14. The van der Waals surface area contributed by atoms with E-state index in [9.17, 15) is 9.90 Å². The highest BCUT2D eigenvalue weighted by Crippen LogP contribution is 2.29. The van der Waals surface area contributed by atoms with Crippen molar-refractivity contribution in [2.45, 2.75) is 13.0 Å². The lowest BCUT2D eigenvalue weighted by molar-refractivity contribution is 0.477. The number of pyridine rings is 1. The van der Waals surface area contributed by atoms with Crippen LogP contribution in [0.4, 0.5) is 0 Å². The molecule has 1 aromatic carbocycles. The van der Waals surface area contributed by atoms with E-state index >= 15 is 0 Å². The van der Waals surface area contributed by atoms with Crippen LogP contribution < -0.4 is 10.9 Å². The number of hydrogen-bond acceptors (Lipinski definition) is 5. The second-order valence-corrected chi connectivity index (χ2v) is 5.35. The van der Waals surface area contributed by atoms with E-state index in [0.29, 0.717) is 29.9 Å². The van der Waals surface area contributed by atoms with Gasteiger partial charge in [0.2, 0.25) is 0 Å². The lowest BCUT2D eigenvalue weighted by Crippen LogP contribution is -2.30. The largest absolute Gasteiger partial charge is 0.507 e. The maximum absolute atomic E-state index is 12.1. The molecule has 3 heterocycles. The molecule has 0 amide bonds. The summed E-state index contributed by atoms with van der Waals surface area (Å²) in [6.45, 7) is 1.44. The predicted molar refractivity (Wildman–Crippen MR) is 82.7 cm³/mol. The van der Waals surface area contributed by atoms with Gasteiger partial charge in [-0.15, -0.1) is 10.2 Å². The number of rotatable bonds is 1. The number of nitrogens with zero attached hydrogens (tertiary/aromatic N) is 2. The number of benzene rings is 1. The minimum atomic E-state index is -0.0893. The second-order valence-electron chi connectivity index (χ2n) is 5.35. The van der Waals surface area contributed by atoms with Crippen molar-refractivity contribution in [2.24, 2.45) is 0 Å². The Hall–Kier alpha value is -2.73. The van der Waals surface area contributed by atoms with Crippen LogP contribution in [0.15, 0.2) is 35.1 Å². The van der Waals surface area contributed by atoms with Crippen LogP contribution in [0.2, 0.25) is 0 Å². The molecule has 3 N–H and O–H groups in total. The van der Waals surface area contributed by atoms with Crippen molar-refractivity contribution >= 4 is 11.0 Å². The van der Waals surface area contributed by atoms with Crippen LogP contribution in [0.3, 0.4) is 0 Å². The summed E-state index contributed by atoms with van der Waals surface area (Å²) in [4.78, 5) is 14.9. The Morgan fingerprint density at radius 2 is 2.00 bits per heavy atom. The molecule has 0 aliphatic carbocycles. The maximum atomic E-state index is 12.1. The SMILES string of the molecule is O=c1[nH]c2nnc(-c3ccccc3O)cc2c2c1CCNC2. The maximum Gasteiger partial charge on any atom is 0.253 e. The summed E-state index contributed by atoms with van der Waals surface area (Å²) in [5, 5.41) is 22.4. The van der Waals surface area contributed by atoms with Gasteiger partial charge in [-0.3, -0.25) is 4.79 Å². The summed E-state index contributed by atoms with van der Waals surface area (Å²) >= 11 is 0. The van der Waals surface area contributed by atoms with Crippen LogP contribution in [0.5, 0.6) is 5.75 Å². The Bertz CT molecular complexity index is 933. The van der Waals surface area contributed by atoms with Crippen LogP contribution in [0.1, 0.15) is 11.1 Å². The van der Waals surface area contributed by atoms with Gasteiger partial charge in [-0.2, -0.15) is 0 Å². The third-order valence-corrected chi connectivity index (χ3v) is 4.02. The van der Waals surface area contributed by atoms with Crippen molar-refractivity contribution in [2.75, 3.05) is 6.54 Å². The summed E-state index contributed by atoms with van der Waals surface area (Å²) in [5.41, 5.74) is 3.38. The lowest BCUT2D eigenvalue weighted by Gasteiger charge is -2.18. The van der Waals surface area contributed by atoms with Gasteiger partial charge in [0.05, 0.1) is 5.69 Å². The van der Waals surface area contributed by atoms with E-state index in [-0.39, 0.29) is 11.3 Å². The molecule has 110 valence electrons. The van der Waals surface area contributed by atoms with Crippen molar-refractivity contribution in [1.29, 1.82) is 0 Å². The fourth-order valence-electron chi connectivity index (χ4n) is 2.91. The number of phenols is 1. The average Bonchev–Trinajstić information content (AvgIpc) is 2.56. The molecule has 0 spiro atoms. The molecule has 0 unspecified atom stereocenters. The molecule has 1 aliphatic rings. The zero-order valence-electron chi connectivity index (χ0n) is 11.8. The molecule has 4 rings (SSSR count). The molecule has 0 saturated carbocycles. The van der Waals surface area contributed by atoms with Gasteiger partial charge in [-0.1, -0.05) is 12.1 Å². The van der Waals surface area contributed by atoms with E-state index in [4.69, 9.17) is 0 Å². The van der Waals surface area contributed by atoms with E-state index in [0.717, 1.165) is 23.1 Å². The van der Waals surface area contributed by atoms with Crippen molar-refractivity contribution in [3.05, 3.63) is 51.8 Å². The number of aromatic nitrogens is 3. The number of hydrogen-bond donors (Lipinski definition) is 3. The first kappa shape index (κ1) is 13.0. The van der Waals surface area contributed by atoms with Crippen molar-refractivity contribution in [3.63, 3.8) is 0 Å². The van der Waals surface area contributed by atoms with Crippen molar-refractivity contribution in [1.82, 2.24) is 20.5 Å². The van der Waals surface area contributed by atoms with E-state index in [2.05, 4.69) is 20.5 Å². The Balaban J connectivity index is 2.00. The number of para-hydroxylation sites is 1. The van der Waals surface area contributed by atoms with Crippen molar-refractivity contribution < 1.29 is 5.11 Å². The average molecular weight is 294 g/mol. The highest BCUT2D eigenvalue weighted by Gasteiger charge is 2.18. The summed E-state index contributed by atoms with van der Waals surface area (Å²) in [5.74, 6) is 0.160. The number of phenolic OH excluding ortho intramolecular Hbond substituents is 1. The van der Waals surface area contributed by atoms with Gasteiger partial charge >= 0.3 is 0 Å². The molecule has 0 atom stereocenters. The molecule has 1 aliphatic heterocycles. The van der Waals surface area contributed by atoms with Gasteiger partial charge in [0.1, 0.15) is 5.75 Å². The monoisotopic (exact) mass is 294 g/mol. The Morgan fingerprint density at radius 1 is 1.14 bits per heavy atom. The molecule has 2 aromatic heterocycles. The smallest absolute Gasteiger partial charge is 0.253 e. The topological polar surface area (TPSA) is 90.9 Å². The number of nitrogens with one attached hydrogen (secondary N) is 2. The number of fused-ring (bicyclic) bond motifs is 3. The number of aromatic amines is 1. The third-order valence-electron chi connectivity index (χ3n) is 4.02. The van der Waals surface area contributed by atoms with E-state index < -0.39 is 0 Å². The summed E-state index contributed by atoms with van der Waals surface area (Å²) in [6, 6.07) is 8.88. The first-order chi connectivity index (χ1) is 10.7. The van der Waals surface area contributed by atoms with Gasteiger partial charge in [-0.05, 0) is 36.7 Å². The third kappa shape index (κ3) is 1.96. The Kier molecular flexibility index (Phi) is 2.90. The van der Waals surface area contributed by atoms with E-state index in [1.807, 2.05) is 12.1 Å². The van der Waals surface area contributed by atoms with Crippen LogP contribution >= 0.6 is 0 Å². The zero-order valence-corrected chi connectivity index (χ0v) is 11.8. The molecule has 22 heavy (non-hydrogen) atoms. The highest BCUT2D eigenvalue weighted by molar-refractivity contribution is 5.84. The van der Waals surface area contributed by atoms with Crippen LogP contribution in [0.25, 0.3) is 22.3 Å². The molecule has 0 saturated heterocycles. The fourth-order valence-corrected chi connectivity index (χ4v) is 2.91. The molecule has 0 radical (unpaired) electrons. The summed E-state index contributed by atoms with van der Waals surface area (Å²) in [7, 11) is 0. The van der Waals surface area contributed by atoms with Gasteiger partial charge in [-0.25, -0.2) is 0 Å². The molecular weight excluding hydrogens is 280 g/mol. The summed E-state index contributed by atoms with van der Waals surface area (Å²) in [6.07, 6.45) is 0.703. The zero-order chi connectivity index (χ0) is 15.1. The minimum Gasteiger partial charge on any atom is -0.507 e. The quantitative estimate of drug-likeness (QED) is 0.630. The van der Waals surface area contributed by atoms with Crippen LogP contribution in [-0.2, 0) is 13.0 Å².